The summed E-state index contributed by atoms with van der Waals surface area (Å²) in [4.78, 5) is 11.9. The molecule has 1 aromatic rings. The van der Waals surface area contributed by atoms with Gasteiger partial charge in [-0.25, -0.2) is 0 Å². The van der Waals surface area contributed by atoms with Gasteiger partial charge >= 0.3 is 5.97 Å². The first-order chi connectivity index (χ1) is 8.18. The second-order valence-corrected chi connectivity index (χ2v) is 4.91. The van der Waals surface area contributed by atoms with Crippen LogP contribution < -0.4 is 5.73 Å². The summed E-state index contributed by atoms with van der Waals surface area (Å²) in [7, 11) is 0. The SMILES string of the molecule is NCC1(C(=O)OCc2ccccc2Cl)CCC1. The minimum Gasteiger partial charge on any atom is -0.460 e. The molecule has 3 nitrogen and oxygen atoms in total. The molecule has 0 atom stereocenters. The third-order valence-corrected chi connectivity index (χ3v) is 3.82. The standard InChI is InChI=1S/C13H16ClNO2/c14-11-5-2-1-4-10(11)8-17-12(16)13(9-15)6-3-7-13/h1-2,4-5H,3,6-9,15H2. The fraction of sp³-hybridized carbons (Fsp3) is 0.462. The van der Waals surface area contributed by atoms with E-state index in [1.165, 1.54) is 0 Å². The molecule has 0 heterocycles. The number of nitrogens with two attached hydrogens (primary N) is 1. The third-order valence-electron chi connectivity index (χ3n) is 3.45. The Kier molecular flexibility index (Phi) is 3.69. The van der Waals surface area contributed by atoms with Gasteiger partial charge in [0.15, 0.2) is 0 Å². The summed E-state index contributed by atoms with van der Waals surface area (Å²) in [5.41, 5.74) is 6.04. The molecule has 17 heavy (non-hydrogen) atoms. The molecule has 0 amide bonds. The summed E-state index contributed by atoms with van der Waals surface area (Å²) in [6.45, 7) is 0.592. The first-order valence-corrected chi connectivity index (χ1v) is 6.16. The van der Waals surface area contributed by atoms with Crippen molar-refractivity contribution in [2.75, 3.05) is 6.54 Å². The Bertz CT molecular complexity index is 410. The number of benzene rings is 1. The smallest absolute Gasteiger partial charge is 0.313 e. The molecule has 4 heteroatoms. The quantitative estimate of drug-likeness (QED) is 0.839. The summed E-state index contributed by atoms with van der Waals surface area (Å²) in [6, 6.07) is 7.36. The van der Waals surface area contributed by atoms with E-state index in [1.54, 1.807) is 6.07 Å². The fourth-order valence-corrected chi connectivity index (χ4v) is 2.20. The summed E-state index contributed by atoms with van der Waals surface area (Å²) in [6.07, 6.45) is 2.73. The lowest BCUT2D eigenvalue weighted by atomic mass is 9.69. The van der Waals surface area contributed by atoms with E-state index in [-0.39, 0.29) is 12.6 Å². The van der Waals surface area contributed by atoms with Crippen molar-refractivity contribution in [2.45, 2.75) is 25.9 Å². The normalized spacial score (nSPS) is 17.3. The van der Waals surface area contributed by atoms with Crippen molar-refractivity contribution < 1.29 is 9.53 Å². The molecular weight excluding hydrogens is 238 g/mol. The highest BCUT2D eigenvalue weighted by molar-refractivity contribution is 6.31. The highest BCUT2D eigenvalue weighted by Gasteiger charge is 2.44. The second-order valence-electron chi connectivity index (χ2n) is 4.51. The molecule has 1 aliphatic carbocycles. The molecule has 1 aromatic carbocycles. The Hall–Kier alpha value is -1.06. The summed E-state index contributed by atoms with van der Waals surface area (Å²) < 4.78 is 5.30. The van der Waals surface area contributed by atoms with Crippen molar-refractivity contribution >= 4 is 17.6 Å². The number of carbonyl (C=O) groups is 1. The molecular formula is C13H16ClNO2. The van der Waals surface area contributed by atoms with E-state index in [0.717, 1.165) is 24.8 Å². The van der Waals surface area contributed by atoms with E-state index in [0.29, 0.717) is 11.6 Å². The largest absolute Gasteiger partial charge is 0.460 e. The highest BCUT2D eigenvalue weighted by atomic mass is 35.5. The van der Waals surface area contributed by atoms with Gasteiger partial charge in [0.25, 0.3) is 0 Å². The number of rotatable bonds is 4. The Balaban J connectivity index is 1.95. The van der Waals surface area contributed by atoms with E-state index in [9.17, 15) is 4.79 Å². The summed E-state index contributed by atoms with van der Waals surface area (Å²) in [5, 5.41) is 0.621. The van der Waals surface area contributed by atoms with Crippen LogP contribution in [-0.4, -0.2) is 12.5 Å². The fourth-order valence-electron chi connectivity index (χ4n) is 2.01. The molecule has 0 bridgehead atoms. The highest BCUT2D eigenvalue weighted by Crippen LogP contribution is 2.41. The van der Waals surface area contributed by atoms with Crippen LogP contribution >= 0.6 is 11.6 Å². The maximum atomic E-state index is 11.9. The second kappa shape index (κ2) is 5.07. The van der Waals surface area contributed by atoms with E-state index in [2.05, 4.69) is 0 Å². The molecule has 1 fully saturated rings. The summed E-state index contributed by atoms with van der Waals surface area (Å²) >= 11 is 5.99. The van der Waals surface area contributed by atoms with Gasteiger partial charge < -0.3 is 10.5 Å². The molecule has 2 N–H and O–H groups in total. The van der Waals surface area contributed by atoms with Crippen molar-refractivity contribution in [3.8, 4) is 0 Å². The first kappa shape index (κ1) is 12.4. The van der Waals surface area contributed by atoms with E-state index in [1.807, 2.05) is 18.2 Å². The van der Waals surface area contributed by atoms with Crippen molar-refractivity contribution in [3.05, 3.63) is 34.9 Å². The van der Waals surface area contributed by atoms with Crippen molar-refractivity contribution in [3.63, 3.8) is 0 Å². The van der Waals surface area contributed by atoms with Gasteiger partial charge in [0.05, 0.1) is 5.41 Å². The van der Waals surface area contributed by atoms with Gasteiger partial charge in [0, 0.05) is 17.1 Å². The zero-order valence-electron chi connectivity index (χ0n) is 9.62. The van der Waals surface area contributed by atoms with Crippen molar-refractivity contribution in [1.29, 1.82) is 0 Å². The molecule has 0 unspecified atom stereocenters. The van der Waals surface area contributed by atoms with Gasteiger partial charge in [0.2, 0.25) is 0 Å². The van der Waals surface area contributed by atoms with Crippen LogP contribution in [0.3, 0.4) is 0 Å². The molecule has 0 aliphatic heterocycles. The lowest BCUT2D eigenvalue weighted by Crippen LogP contribution is -2.45. The lowest BCUT2D eigenvalue weighted by Gasteiger charge is -2.37. The molecule has 0 spiro atoms. The van der Waals surface area contributed by atoms with E-state index in [4.69, 9.17) is 22.1 Å². The average Bonchev–Trinajstić information content (AvgIpc) is 2.27. The number of hydrogen-bond acceptors (Lipinski definition) is 3. The minimum absolute atomic E-state index is 0.189. The Morgan fingerprint density at radius 3 is 2.65 bits per heavy atom. The van der Waals surface area contributed by atoms with Crippen LogP contribution in [0.25, 0.3) is 0 Å². The van der Waals surface area contributed by atoms with Crippen LogP contribution in [0.4, 0.5) is 0 Å². The minimum atomic E-state index is -0.429. The van der Waals surface area contributed by atoms with Gasteiger partial charge in [0.1, 0.15) is 6.61 Å². The number of esters is 1. The van der Waals surface area contributed by atoms with Crippen molar-refractivity contribution in [2.24, 2.45) is 11.1 Å². The number of ether oxygens (including phenoxy) is 1. The van der Waals surface area contributed by atoms with Gasteiger partial charge in [-0.2, -0.15) is 0 Å². The third kappa shape index (κ3) is 2.45. The summed E-state index contributed by atoms with van der Waals surface area (Å²) in [5.74, 6) is -0.189. The molecule has 2 rings (SSSR count). The van der Waals surface area contributed by atoms with Gasteiger partial charge in [-0.3, -0.25) is 4.79 Å². The zero-order valence-corrected chi connectivity index (χ0v) is 10.4. The molecule has 1 saturated carbocycles. The predicted molar refractivity (Wildman–Crippen MR) is 66.6 cm³/mol. The van der Waals surface area contributed by atoms with Gasteiger partial charge in [-0.1, -0.05) is 36.2 Å². The van der Waals surface area contributed by atoms with Crippen molar-refractivity contribution in [1.82, 2.24) is 0 Å². The predicted octanol–water partition coefficient (Wildman–Crippen LogP) is 2.51. The molecule has 1 aliphatic rings. The Morgan fingerprint density at radius 1 is 1.41 bits per heavy atom. The monoisotopic (exact) mass is 253 g/mol. The Labute approximate surface area is 106 Å². The maximum absolute atomic E-state index is 11.9. The van der Waals surface area contributed by atoms with Gasteiger partial charge in [-0.05, 0) is 18.9 Å². The van der Waals surface area contributed by atoms with Crippen LogP contribution in [0.5, 0.6) is 0 Å². The number of hydrogen-bond donors (Lipinski definition) is 1. The van der Waals surface area contributed by atoms with Crippen LogP contribution in [0.2, 0.25) is 5.02 Å². The van der Waals surface area contributed by atoms with Crippen LogP contribution in [0, 0.1) is 5.41 Å². The average molecular weight is 254 g/mol. The first-order valence-electron chi connectivity index (χ1n) is 5.79. The van der Waals surface area contributed by atoms with Crippen LogP contribution in [-0.2, 0) is 16.1 Å². The number of halogens is 1. The topological polar surface area (TPSA) is 52.3 Å². The molecule has 0 radical (unpaired) electrons. The van der Waals surface area contributed by atoms with E-state index < -0.39 is 5.41 Å². The number of carbonyl (C=O) groups excluding carboxylic acids is 1. The molecule has 0 saturated heterocycles. The maximum Gasteiger partial charge on any atom is 0.313 e. The zero-order chi connectivity index (χ0) is 12.3. The van der Waals surface area contributed by atoms with Gasteiger partial charge in [-0.15, -0.1) is 0 Å². The van der Waals surface area contributed by atoms with Crippen LogP contribution in [0.1, 0.15) is 24.8 Å². The van der Waals surface area contributed by atoms with E-state index >= 15 is 0 Å². The van der Waals surface area contributed by atoms with Crippen LogP contribution in [0.15, 0.2) is 24.3 Å². The molecule has 92 valence electrons. The molecule has 0 aromatic heterocycles. The Morgan fingerprint density at radius 2 is 2.12 bits per heavy atom. The lowest BCUT2D eigenvalue weighted by molar-refractivity contribution is -0.162.